The number of hydrogen-bond acceptors (Lipinski definition) is 4. The van der Waals surface area contributed by atoms with Crippen LogP contribution >= 0.6 is 0 Å². The first kappa shape index (κ1) is 21.7. The van der Waals surface area contributed by atoms with Crippen molar-refractivity contribution >= 4 is 29.2 Å². The number of carbonyl (C=O) groups is 3. The molecule has 3 rings (SSSR count). The molecule has 7 heteroatoms. The fourth-order valence-electron chi connectivity index (χ4n) is 2.89. The van der Waals surface area contributed by atoms with E-state index in [-0.39, 0.29) is 12.3 Å². The van der Waals surface area contributed by atoms with E-state index in [1.807, 2.05) is 0 Å². The normalized spacial score (nSPS) is 11.3. The van der Waals surface area contributed by atoms with Crippen LogP contribution in [0.4, 0.5) is 15.8 Å². The van der Waals surface area contributed by atoms with Gasteiger partial charge in [-0.25, -0.2) is 4.39 Å². The van der Waals surface area contributed by atoms with E-state index < -0.39 is 23.8 Å². The Hall–Kier alpha value is -4.00. The lowest BCUT2D eigenvalue weighted by atomic mass is 10.1. The van der Waals surface area contributed by atoms with Gasteiger partial charge in [0.05, 0.1) is 6.42 Å². The van der Waals surface area contributed by atoms with Crippen LogP contribution in [-0.2, 0) is 25.5 Å². The van der Waals surface area contributed by atoms with Crippen LogP contribution in [0, 0.1) is 5.82 Å². The molecule has 2 amide bonds. The molecule has 0 aliphatic rings. The minimum Gasteiger partial charge on any atom is -0.447 e. The van der Waals surface area contributed by atoms with Crippen LogP contribution in [0.3, 0.4) is 0 Å². The Morgan fingerprint density at radius 3 is 2.03 bits per heavy atom. The van der Waals surface area contributed by atoms with Gasteiger partial charge in [0, 0.05) is 23.9 Å². The third-order valence-electron chi connectivity index (χ3n) is 4.32. The first-order valence-electron chi connectivity index (χ1n) is 9.58. The second kappa shape index (κ2) is 10.2. The second-order valence-corrected chi connectivity index (χ2v) is 6.83. The number of hydrogen-bond donors (Lipinski definition) is 2. The highest BCUT2D eigenvalue weighted by Crippen LogP contribution is 2.21. The molecule has 0 aromatic heterocycles. The van der Waals surface area contributed by atoms with Crippen molar-refractivity contribution in [2.75, 3.05) is 10.6 Å². The molecule has 3 aromatic carbocycles. The quantitative estimate of drug-likeness (QED) is 0.560. The van der Waals surface area contributed by atoms with Crippen molar-refractivity contribution in [3.05, 3.63) is 95.8 Å². The Morgan fingerprint density at radius 1 is 0.839 bits per heavy atom. The van der Waals surface area contributed by atoms with Gasteiger partial charge >= 0.3 is 5.97 Å². The lowest BCUT2D eigenvalue weighted by molar-refractivity contribution is -0.154. The fraction of sp³-hybridized carbons (Fsp3) is 0.125. The first-order chi connectivity index (χ1) is 14.9. The number of ether oxygens (including phenoxy) is 1. The van der Waals surface area contributed by atoms with E-state index in [9.17, 15) is 18.8 Å². The molecule has 0 radical (unpaired) electrons. The Labute approximate surface area is 179 Å². The Bertz CT molecular complexity index is 1050. The molecule has 158 valence electrons. The monoisotopic (exact) mass is 420 g/mol. The van der Waals surface area contributed by atoms with Crippen molar-refractivity contribution in [3.63, 3.8) is 0 Å². The highest BCUT2D eigenvalue weighted by molar-refractivity contribution is 5.96. The van der Waals surface area contributed by atoms with Crippen LogP contribution in [0.1, 0.15) is 24.2 Å². The number of carbonyl (C=O) groups excluding carboxylic acids is 3. The molecule has 0 saturated heterocycles. The van der Waals surface area contributed by atoms with E-state index in [1.165, 1.54) is 31.2 Å². The number of esters is 1. The van der Waals surface area contributed by atoms with Gasteiger partial charge in [0.25, 0.3) is 5.91 Å². The Kier molecular flexibility index (Phi) is 7.11. The number of anilines is 2. The van der Waals surface area contributed by atoms with Crippen molar-refractivity contribution in [1.29, 1.82) is 0 Å². The summed E-state index contributed by atoms with van der Waals surface area (Å²) < 4.78 is 18.6. The van der Waals surface area contributed by atoms with Crippen molar-refractivity contribution in [1.82, 2.24) is 0 Å². The van der Waals surface area contributed by atoms with Gasteiger partial charge in [-0.1, -0.05) is 42.5 Å². The molecule has 0 unspecified atom stereocenters. The molecule has 0 aliphatic carbocycles. The molecule has 0 fully saturated rings. The predicted octanol–water partition coefficient (Wildman–Crippen LogP) is 4.25. The highest BCUT2D eigenvalue weighted by Gasteiger charge is 2.25. The summed E-state index contributed by atoms with van der Waals surface area (Å²) >= 11 is 0. The van der Waals surface area contributed by atoms with Gasteiger partial charge in [-0.05, 0) is 42.0 Å². The van der Waals surface area contributed by atoms with Crippen LogP contribution in [0.2, 0.25) is 0 Å². The third kappa shape index (κ3) is 6.50. The summed E-state index contributed by atoms with van der Waals surface area (Å²) in [6.45, 7) is 1.41. The molecule has 3 aromatic rings. The molecule has 0 heterocycles. The standard InChI is InChI=1S/C24H21FN2O4/c1-16(28)26-20-11-7-17(8-12-20)15-22(29)31-23(18-5-3-2-4-6-18)24(30)27-21-13-9-19(25)10-14-21/h2-14,23H,15H2,1H3,(H,26,28)(H,27,30)/t23-/m0/s1. The molecule has 0 spiro atoms. The van der Waals surface area contributed by atoms with Gasteiger partial charge in [0.2, 0.25) is 12.0 Å². The zero-order valence-corrected chi connectivity index (χ0v) is 16.8. The first-order valence-corrected chi connectivity index (χ1v) is 9.58. The Morgan fingerprint density at radius 2 is 1.42 bits per heavy atom. The van der Waals surface area contributed by atoms with Crippen LogP contribution in [0.5, 0.6) is 0 Å². The van der Waals surface area contributed by atoms with Crippen LogP contribution in [0.15, 0.2) is 78.9 Å². The van der Waals surface area contributed by atoms with Crippen LogP contribution in [0.25, 0.3) is 0 Å². The van der Waals surface area contributed by atoms with Gasteiger partial charge in [-0.3, -0.25) is 14.4 Å². The maximum absolute atomic E-state index is 13.1. The molecule has 2 N–H and O–H groups in total. The van der Waals surface area contributed by atoms with E-state index in [0.717, 1.165) is 0 Å². The average Bonchev–Trinajstić information content (AvgIpc) is 2.75. The molecule has 6 nitrogen and oxygen atoms in total. The number of halogens is 1. The minimum absolute atomic E-state index is 0.0481. The van der Waals surface area contributed by atoms with Crippen LogP contribution in [-0.4, -0.2) is 17.8 Å². The molecular formula is C24H21FN2O4. The van der Waals surface area contributed by atoms with Crippen molar-refractivity contribution < 1.29 is 23.5 Å². The summed E-state index contributed by atoms with van der Waals surface area (Å²) in [6.07, 6.45) is -1.22. The number of benzene rings is 3. The summed E-state index contributed by atoms with van der Waals surface area (Å²) in [6, 6.07) is 20.7. The molecule has 31 heavy (non-hydrogen) atoms. The smallest absolute Gasteiger partial charge is 0.311 e. The maximum atomic E-state index is 13.1. The lowest BCUT2D eigenvalue weighted by Crippen LogP contribution is -2.26. The van der Waals surface area contributed by atoms with E-state index in [4.69, 9.17) is 4.74 Å². The Balaban J connectivity index is 1.70. The van der Waals surface area contributed by atoms with Crippen molar-refractivity contribution in [3.8, 4) is 0 Å². The molecule has 0 saturated carbocycles. The highest BCUT2D eigenvalue weighted by atomic mass is 19.1. The van der Waals surface area contributed by atoms with Gasteiger partial charge in [0.15, 0.2) is 0 Å². The summed E-state index contributed by atoms with van der Waals surface area (Å²) in [7, 11) is 0. The number of rotatable bonds is 7. The summed E-state index contributed by atoms with van der Waals surface area (Å²) in [4.78, 5) is 36.5. The topological polar surface area (TPSA) is 84.5 Å². The third-order valence-corrected chi connectivity index (χ3v) is 4.32. The van der Waals surface area contributed by atoms with Gasteiger partial charge < -0.3 is 15.4 Å². The average molecular weight is 420 g/mol. The zero-order chi connectivity index (χ0) is 22.2. The SMILES string of the molecule is CC(=O)Nc1ccc(CC(=O)O[C@H](C(=O)Nc2ccc(F)cc2)c2ccccc2)cc1. The molecule has 1 atom stereocenters. The van der Waals surface area contributed by atoms with Crippen molar-refractivity contribution in [2.45, 2.75) is 19.4 Å². The molecular weight excluding hydrogens is 399 g/mol. The summed E-state index contributed by atoms with van der Waals surface area (Å²) in [5, 5.41) is 5.29. The predicted molar refractivity (Wildman–Crippen MR) is 115 cm³/mol. The van der Waals surface area contributed by atoms with Gasteiger partial charge in [-0.15, -0.1) is 0 Å². The maximum Gasteiger partial charge on any atom is 0.311 e. The van der Waals surface area contributed by atoms with E-state index in [1.54, 1.807) is 54.6 Å². The van der Waals surface area contributed by atoms with Crippen LogP contribution < -0.4 is 10.6 Å². The van der Waals surface area contributed by atoms with Gasteiger partial charge in [-0.2, -0.15) is 0 Å². The number of amides is 2. The second-order valence-electron chi connectivity index (χ2n) is 6.83. The van der Waals surface area contributed by atoms with E-state index >= 15 is 0 Å². The largest absolute Gasteiger partial charge is 0.447 e. The van der Waals surface area contributed by atoms with Gasteiger partial charge in [0.1, 0.15) is 5.82 Å². The summed E-state index contributed by atoms with van der Waals surface area (Å²) in [5.41, 5.74) is 2.18. The zero-order valence-electron chi connectivity index (χ0n) is 16.8. The molecule has 0 aliphatic heterocycles. The fourth-order valence-corrected chi connectivity index (χ4v) is 2.89. The summed E-state index contributed by atoms with van der Waals surface area (Å²) in [5.74, 6) is -1.75. The van der Waals surface area contributed by atoms with Crippen molar-refractivity contribution in [2.24, 2.45) is 0 Å². The molecule has 0 bridgehead atoms. The van der Waals surface area contributed by atoms with E-state index in [2.05, 4.69) is 10.6 Å². The lowest BCUT2D eigenvalue weighted by Gasteiger charge is -2.18. The minimum atomic E-state index is -1.17. The number of nitrogens with one attached hydrogen (secondary N) is 2. The van der Waals surface area contributed by atoms with E-state index in [0.29, 0.717) is 22.5 Å².